The van der Waals surface area contributed by atoms with Crippen LogP contribution < -0.4 is 15.4 Å². The number of ether oxygens (including phenoxy) is 2. The highest BCUT2D eigenvalue weighted by atomic mass is 127. The molecule has 1 aliphatic rings. The van der Waals surface area contributed by atoms with Crippen molar-refractivity contribution in [2.24, 2.45) is 4.99 Å². The van der Waals surface area contributed by atoms with Crippen LogP contribution in [0.25, 0.3) is 0 Å². The monoisotopic (exact) mass is 475 g/mol. The minimum Gasteiger partial charge on any atom is -0.494 e. The van der Waals surface area contributed by atoms with Crippen molar-refractivity contribution in [3.05, 3.63) is 29.8 Å². The summed E-state index contributed by atoms with van der Waals surface area (Å²) in [6.07, 6.45) is 7.96. The first-order valence-electron chi connectivity index (χ1n) is 9.60. The van der Waals surface area contributed by atoms with Crippen molar-refractivity contribution in [1.29, 1.82) is 0 Å². The van der Waals surface area contributed by atoms with Crippen LogP contribution in [0.2, 0.25) is 0 Å². The lowest BCUT2D eigenvalue weighted by atomic mass is 9.98. The summed E-state index contributed by atoms with van der Waals surface area (Å²) in [5.74, 6) is 1.73. The summed E-state index contributed by atoms with van der Waals surface area (Å²) in [5.41, 5.74) is 1.13. The summed E-state index contributed by atoms with van der Waals surface area (Å²) in [6.45, 7) is 5.04. The van der Waals surface area contributed by atoms with Crippen LogP contribution in [0.5, 0.6) is 5.75 Å². The average Bonchev–Trinajstić information content (AvgIpc) is 2.66. The van der Waals surface area contributed by atoms with Crippen LogP contribution in [0.4, 0.5) is 0 Å². The Morgan fingerprint density at radius 1 is 1.15 bits per heavy atom. The predicted octanol–water partition coefficient (Wildman–Crippen LogP) is 4.11. The van der Waals surface area contributed by atoms with E-state index in [1.165, 1.54) is 32.1 Å². The fourth-order valence-electron chi connectivity index (χ4n) is 3.11. The lowest BCUT2D eigenvalue weighted by molar-refractivity contribution is 0.0277. The highest BCUT2D eigenvalue weighted by Gasteiger charge is 2.13. The van der Waals surface area contributed by atoms with Crippen molar-refractivity contribution in [3.63, 3.8) is 0 Å². The molecular weight excluding hydrogens is 441 g/mol. The number of hydrogen-bond acceptors (Lipinski definition) is 3. The van der Waals surface area contributed by atoms with Gasteiger partial charge in [0.2, 0.25) is 0 Å². The SMILES string of the molecule is CCOc1ccccc1CNC(=NC)NCCCOC1CCCCC1.I. The zero-order valence-electron chi connectivity index (χ0n) is 16.1. The van der Waals surface area contributed by atoms with Crippen LogP contribution in [-0.2, 0) is 11.3 Å². The molecule has 5 nitrogen and oxygen atoms in total. The Bertz CT molecular complexity index is 520. The van der Waals surface area contributed by atoms with E-state index in [2.05, 4.69) is 21.7 Å². The van der Waals surface area contributed by atoms with Gasteiger partial charge in [-0.3, -0.25) is 4.99 Å². The number of para-hydroxylation sites is 1. The minimum absolute atomic E-state index is 0. The molecule has 0 spiro atoms. The van der Waals surface area contributed by atoms with Crippen molar-refractivity contribution in [3.8, 4) is 5.75 Å². The zero-order valence-corrected chi connectivity index (χ0v) is 18.5. The highest BCUT2D eigenvalue weighted by Crippen LogP contribution is 2.20. The van der Waals surface area contributed by atoms with E-state index >= 15 is 0 Å². The topological polar surface area (TPSA) is 54.9 Å². The van der Waals surface area contributed by atoms with E-state index in [0.717, 1.165) is 36.8 Å². The Morgan fingerprint density at radius 2 is 1.92 bits per heavy atom. The van der Waals surface area contributed by atoms with Crippen molar-refractivity contribution in [2.75, 3.05) is 26.8 Å². The molecule has 1 saturated carbocycles. The molecule has 0 bridgehead atoms. The largest absolute Gasteiger partial charge is 0.494 e. The molecule has 6 heteroatoms. The molecule has 0 saturated heterocycles. The number of aliphatic imine (C=N–C) groups is 1. The van der Waals surface area contributed by atoms with Gasteiger partial charge in [-0.05, 0) is 32.3 Å². The summed E-state index contributed by atoms with van der Waals surface area (Å²) in [7, 11) is 1.79. The van der Waals surface area contributed by atoms with E-state index < -0.39 is 0 Å². The third kappa shape index (κ3) is 8.58. The Labute approximate surface area is 175 Å². The molecule has 1 aromatic rings. The zero-order chi connectivity index (χ0) is 17.7. The Hall–Kier alpha value is -1.02. The molecule has 0 aliphatic heterocycles. The van der Waals surface area contributed by atoms with E-state index in [9.17, 15) is 0 Å². The van der Waals surface area contributed by atoms with Crippen LogP contribution >= 0.6 is 24.0 Å². The number of guanidine groups is 1. The van der Waals surface area contributed by atoms with Crippen molar-refractivity contribution in [2.45, 2.75) is 58.1 Å². The first kappa shape index (κ1) is 23.0. The van der Waals surface area contributed by atoms with Gasteiger partial charge in [0.15, 0.2) is 5.96 Å². The van der Waals surface area contributed by atoms with E-state index in [4.69, 9.17) is 9.47 Å². The second-order valence-corrected chi connectivity index (χ2v) is 6.38. The van der Waals surface area contributed by atoms with E-state index in [1.807, 2.05) is 25.1 Å². The maximum Gasteiger partial charge on any atom is 0.191 e. The van der Waals surface area contributed by atoms with E-state index in [1.54, 1.807) is 7.05 Å². The van der Waals surface area contributed by atoms with Gasteiger partial charge in [-0.1, -0.05) is 37.5 Å². The second kappa shape index (κ2) is 14.1. The number of nitrogens with zero attached hydrogens (tertiary/aromatic N) is 1. The molecule has 0 heterocycles. The van der Waals surface area contributed by atoms with Crippen LogP contribution in [0.1, 0.15) is 51.0 Å². The van der Waals surface area contributed by atoms with E-state index in [-0.39, 0.29) is 24.0 Å². The molecule has 0 aromatic heterocycles. The molecule has 148 valence electrons. The normalized spacial score (nSPS) is 15.2. The molecule has 0 amide bonds. The number of hydrogen-bond donors (Lipinski definition) is 2. The lowest BCUT2D eigenvalue weighted by Gasteiger charge is -2.22. The molecular formula is C20H34IN3O2. The minimum atomic E-state index is 0. The summed E-state index contributed by atoms with van der Waals surface area (Å²) in [6, 6.07) is 8.09. The maximum absolute atomic E-state index is 5.95. The van der Waals surface area contributed by atoms with Gasteiger partial charge in [0.1, 0.15) is 5.75 Å². The number of benzene rings is 1. The van der Waals surface area contributed by atoms with Gasteiger partial charge in [0.25, 0.3) is 0 Å². The molecule has 0 radical (unpaired) electrons. The van der Waals surface area contributed by atoms with E-state index in [0.29, 0.717) is 19.3 Å². The van der Waals surface area contributed by atoms with Gasteiger partial charge < -0.3 is 20.1 Å². The van der Waals surface area contributed by atoms with Gasteiger partial charge in [-0.25, -0.2) is 0 Å². The van der Waals surface area contributed by atoms with Crippen LogP contribution in [-0.4, -0.2) is 38.9 Å². The second-order valence-electron chi connectivity index (χ2n) is 6.38. The summed E-state index contributed by atoms with van der Waals surface area (Å²) >= 11 is 0. The quantitative estimate of drug-likeness (QED) is 0.244. The molecule has 2 N–H and O–H groups in total. The Balaban J connectivity index is 0.00000338. The Kier molecular flexibility index (Phi) is 12.5. The lowest BCUT2D eigenvalue weighted by Crippen LogP contribution is -2.37. The van der Waals surface area contributed by atoms with Crippen molar-refractivity contribution in [1.82, 2.24) is 10.6 Å². The molecule has 1 fully saturated rings. The van der Waals surface area contributed by atoms with Gasteiger partial charge in [-0.2, -0.15) is 0 Å². The Morgan fingerprint density at radius 3 is 2.65 bits per heavy atom. The molecule has 1 aliphatic carbocycles. The standard InChI is InChI=1S/C20H33N3O2.HI/c1-3-24-19-13-8-7-10-17(19)16-23-20(21-2)22-14-9-15-25-18-11-5-4-6-12-18;/h7-8,10,13,18H,3-6,9,11-12,14-16H2,1-2H3,(H2,21,22,23);1H. The first-order chi connectivity index (χ1) is 12.3. The predicted molar refractivity (Wildman–Crippen MR) is 119 cm³/mol. The van der Waals surface area contributed by atoms with Gasteiger partial charge in [0.05, 0.1) is 12.7 Å². The summed E-state index contributed by atoms with van der Waals surface area (Å²) in [4.78, 5) is 4.28. The van der Waals surface area contributed by atoms with Gasteiger partial charge in [0, 0.05) is 32.3 Å². The van der Waals surface area contributed by atoms with Gasteiger partial charge in [-0.15, -0.1) is 24.0 Å². The third-order valence-electron chi connectivity index (χ3n) is 4.46. The molecule has 26 heavy (non-hydrogen) atoms. The number of nitrogens with one attached hydrogen (secondary N) is 2. The number of halogens is 1. The molecule has 2 rings (SSSR count). The third-order valence-corrected chi connectivity index (χ3v) is 4.46. The maximum atomic E-state index is 5.95. The summed E-state index contributed by atoms with van der Waals surface area (Å²) < 4.78 is 11.6. The fourth-order valence-corrected chi connectivity index (χ4v) is 3.11. The summed E-state index contributed by atoms with van der Waals surface area (Å²) in [5, 5.41) is 6.69. The van der Waals surface area contributed by atoms with Crippen LogP contribution in [0.15, 0.2) is 29.3 Å². The van der Waals surface area contributed by atoms with Crippen LogP contribution in [0, 0.1) is 0 Å². The van der Waals surface area contributed by atoms with Crippen molar-refractivity contribution < 1.29 is 9.47 Å². The van der Waals surface area contributed by atoms with Gasteiger partial charge >= 0.3 is 0 Å². The smallest absolute Gasteiger partial charge is 0.191 e. The van der Waals surface area contributed by atoms with Crippen LogP contribution in [0.3, 0.4) is 0 Å². The first-order valence-corrected chi connectivity index (χ1v) is 9.60. The molecule has 1 aromatic carbocycles. The van der Waals surface area contributed by atoms with Crippen molar-refractivity contribution >= 4 is 29.9 Å². The highest BCUT2D eigenvalue weighted by molar-refractivity contribution is 14.0. The average molecular weight is 475 g/mol. The molecule has 0 atom stereocenters. The molecule has 0 unspecified atom stereocenters. The fraction of sp³-hybridized carbons (Fsp3) is 0.650. The number of rotatable bonds is 9.